The van der Waals surface area contributed by atoms with Crippen LogP contribution in [0.4, 0.5) is 45.5 Å². The highest BCUT2D eigenvalue weighted by Crippen LogP contribution is 2.52. The van der Waals surface area contributed by atoms with Crippen molar-refractivity contribution in [1.29, 1.82) is 0 Å². The van der Waals surface area contributed by atoms with Gasteiger partial charge in [0.2, 0.25) is 0 Å². The summed E-state index contributed by atoms with van der Waals surface area (Å²) >= 11 is 0. The summed E-state index contributed by atoms with van der Waals surface area (Å²) < 4.78 is 0. The first-order valence-corrected chi connectivity index (χ1v) is 17.5. The molecule has 7 aromatic carbocycles. The summed E-state index contributed by atoms with van der Waals surface area (Å²) in [4.78, 5) is 7.38. The molecule has 0 fully saturated rings. The zero-order valence-corrected chi connectivity index (χ0v) is 28.7. The summed E-state index contributed by atoms with van der Waals surface area (Å²) in [6, 6.07) is 61.8. The smallest absolute Gasteiger partial charge is 0.278 e. The minimum absolute atomic E-state index is 0.115. The van der Waals surface area contributed by atoms with Gasteiger partial charge in [0.1, 0.15) is 0 Å². The Morgan fingerprint density at radius 3 is 1.62 bits per heavy atom. The topological polar surface area (TPSA) is 9.72 Å². The van der Waals surface area contributed by atoms with Gasteiger partial charge in [0.25, 0.3) is 7.41 Å². The van der Waals surface area contributed by atoms with Gasteiger partial charge in [0, 0.05) is 45.1 Å². The van der Waals surface area contributed by atoms with Crippen LogP contribution in [0.3, 0.4) is 0 Å². The van der Waals surface area contributed by atoms with E-state index in [4.69, 9.17) is 0 Å². The second-order valence-electron chi connectivity index (χ2n) is 13.9. The molecule has 2 aliphatic rings. The lowest BCUT2D eigenvalue weighted by Crippen LogP contribution is -2.41. The molecule has 0 saturated heterocycles. The van der Waals surface area contributed by atoms with Crippen LogP contribution >= 0.6 is 0 Å². The van der Waals surface area contributed by atoms with Gasteiger partial charge in [0.15, 0.2) is 0 Å². The molecule has 0 spiro atoms. The quantitative estimate of drug-likeness (QED) is 0.173. The van der Waals surface area contributed by atoms with Gasteiger partial charge < -0.3 is 14.6 Å². The van der Waals surface area contributed by atoms with Crippen LogP contribution in [0.2, 0.25) is 0 Å². The van der Waals surface area contributed by atoms with Crippen LogP contribution in [0.1, 0.15) is 30.5 Å². The molecule has 9 rings (SSSR count). The number of hydrogen-bond acceptors (Lipinski definition) is 3. The van der Waals surface area contributed by atoms with E-state index in [2.05, 4.69) is 205 Å². The van der Waals surface area contributed by atoms with Gasteiger partial charge in [-0.3, -0.25) is 0 Å². The second kappa shape index (κ2) is 11.9. The maximum atomic E-state index is 2.52. The molecule has 240 valence electrons. The van der Waals surface area contributed by atoms with Gasteiger partial charge in [-0.05, 0) is 101 Å². The van der Waals surface area contributed by atoms with E-state index in [1.807, 2.05) is 0 Å². The minimum atomic E-state index is -0.115. The van der Waals surface area contributed by atoms with Crippen LogP contribution in [-0.2, 0) is 5.41 Å². The number of para-hydroxylation sites is 5. The summed E-state index contributed by atoms with van der Waals surface area (Å²) in [5, 5.41) is 0. The lowest BCUT2D eigenvalue weighted by Gasteiger charge is -2.44. The second-order valence-corrected chi connectivity index (χ2v) is 13.9. The third-order valence-corrected chi connectivity index (χ3v) is 10.5. The molecule has 0 saturated carbocycles. The molecule has 4 heteroatoms. The number of anilines is 8. The Morgan fingerprint density at radius 2 is 1.02 bits per heavy atom. The Hall–Kier alpha value is -6.00. The molecule has 0 N–H and O–H groups in total. The van der Waals surface area contributed by atoms with Crippen LogP contribution in [-0.4, -0.2) is 7.41 Å². The van der Waals surface area contributed by atoms with Crippen molar-refractivity contribution in [2.24, 2.45) is 0 Å². The van der Waals surface area contributed by atoms with E-state index in [0.717, 1.165) is 24.5 Å². The lowest BCUT2D eigenvalue weighted by molar-refractivity contribution is 0.632. The van der Waals surface area contributed by atoms with E-state index >= 15 is 0 Å². The standard InChI is InChI=1S/C46H38BN3/c1-32-29-38-37-28-27-36(48(33-17-7-4-8-18-33)34-19-9-5-10-20-34)31-43(37)50(35-21-11-6-12-22-35)47-45(38)44(30-32)49-41-25-15-13-23-39(41)46(2,3)40-24-14-16-26-42(40)49/h4-31,47H,1-3H3. The van der Waals surface area contributed by atoms with E-state index in [1.54, 1.807) is 0 Å². The van der Waals surface area contributed by atoms with Crippen molar-refractivity contribution in [3.8, 4) is 11.1 Å². The zero-order chi connectivity index (χ0) is 33.8. The zero-order valence-electron chi connectivity index (χ0n) is 28.7. The van der Waals surface area contributed by atoms with Crippen molar-refractivity contribution in [1.82, 2.24) is 0 Å². The lowest BCUT2D eigenvalue weighted by atomic mass is 9.68. The monoisotopic (exact) mass is 643 g/mol. The number of nitrogens with zero attached hydrogens (tertiary/aromatic N) is 3. The Morgan fingerprint density at radius 1 is 0.480 bits per heavy atom. The van der Waals surface area contributed by atoms with Crippen LogP contribution in [0.15, 0.2) is 170 Å². The summed E-state index contributed by atoms with van der Waals surface area (Å²) in [5.74, 6) is 0. The van der Waals surface area contributed by atoms with Crippen molar-refractivity contribution in [2.75, 3.05) is 14.6 Å². The molecule has 0 atom stereocenters. The molecular formula is C46H38BN3. The van der Waals surface area contributed by atoms with Crippen molar-refractivity contribution in [3.63, 3.8) is 0 Å². The first-order chi connectivity index (χ1) is 24.5. The highest BCUT2D eigenvalue weighted by Gasteiger charge is 2.38. The van der Waals surface area contributed by atoms with E-state index < -0.39 is 0 Å². The van der Waals surface area contributed by atoms with Gasteiger partial charge in [0.05, 0.1) is 11.4 Å². The van der Waals surface area contributed by atoms with Crippen LogP contribution in [0.5, 0.6) is 0 Å². The first kappa shape index (κ1) is 30.1. The van der Waals surface area contributed by atoms with E-state index in [-0.39, 0.29) is 5.41 Å². The average Bonchev–Trinajstić information content (AvgIpc) is 3.16. The summed E-state index contributed by atoms with van der Waals surface area (Å²) in [7, 11) is 0.742. The molecule has 50 heavy (non-hydrogen) atoms. The molecule has 0 amide bonds. The van der Waals surface area contributed by atoms with Crippen molar-refractivity contribution in [3.05, 3.63) is 187 Å². The third-order valence-electron chi connectivity index (χ3n) is 10.5. The highest BCUT2D eigenvalue weighted by molar-refractivity contribution is 6.65. The summed E-state index contributed by atoms with van der Waals surface area (Å²) in [5.41, 5.74) is 17.2. The SMILES string of the molecule is Cc1cc2c(c(N3c4ccccc4C(C)(C)c4ccccc43)c1)BN(c1ccccc1)c1cc(N(c3ccccc3)c3ccccc3)ccc1-2. The number of aryl methyl sites for hydroxylation is 1. The maximum Gasteiger partial charge on any atom is 0.278 e. The fourth-order valence-corrected chi connectivity index (χ4v) is 8.12. The summed E-state index contributed by atoms with van der Waals surface area (Å²) in [6.45, 7) is 6.94. The molecule has 2 heterocycles. The molecule has 0 aliphatic carbocycles. The first-order valence-electron chi connectivity index (χ1n) is 17.5. The molecular weight excluding hydrogens is 605 g/mol. The third kappa shape index (κ3) is 4.82. The van der Waals surface area contributed by atoms with Crippen LogP contribution in [0.25, 0.3) is 11.1 Å². The van der Waals surface area contributed by atoms with Crippen molar-refractivity contribution in [2.45, 2.75) is 26.2 Å². The van der Waals surface area contributed by atoms with E-state index in [9.17, 15) is 0 Å². The maximum absolute atomic E-state index is 2.52. The van der Waals surface area contributed by atoms with Gasteiger partial charge in [-0.1, -0.05) is 117 Å². The average molecular weight is 644 g/mol. The number of hydrogen-bond donors (Lipinski definition) is 0. The Labute approximate surface area is 296 Å². The summed E-state index contributed by atoms with van der Waals surface area (Å²) in [6.07, 6.45) is 0. The fourth-order valence-electron chi connectivity index (χ4n) is 8.12. The van der Waals surface area contributed by atoms with Crippen molar-refractivity contribution >= 4 is 58.4 Å². The van der Waals surface area contributed by atoms with Crippen LogP contribution < -0.4 is 20.1 Å². The molecule has 0 aromatic heterocycles. The molecule has 2 aliphatic heterocycles. The van der Waals surface area contributed by atoms with Gasteiger partial charge in [-0.2, -0.15) is 0 Å². The predicted molar refractivity (Wildman–Crippen MR) is 213 cm³/mol. The largest absolute Gasteiger partial charge is 0.384 e. The molecule has 7 aromatic rings. The molecule has 0 unspecified atom stereocenters. The Balaban J connectivity index is 1.28. The Bertz CT molecular complexity index is 2260. The van der Waals surface area contributed by atoms with Gasteiger partial charge in [-0.25, -0.2) is 0 Å². The Kier molecular flexibility index (Phi) is 7.13. The predicted octanol–water partition coefficient (Wildman–Crippen LogP) is 11.4. The van der Waals surface area contributed by atoms with Gasteiger partial charge in [-0.15, -0.1) is 0 Å². The van der Waals surface area contributed by atoms with E-state index in [0.29, 0.717) is 0 Å². The molecule has 0 bridgehead atoms. The number of benzene rings is 7. The minimum Gasteiger partial charge on any atom is -0.384 e. The van der Waals surface area contributed by atoms with Gasteiger partial charge >= 0.3 is 0 Å². The normalized spacial score (nSPS) is 13.7. The molecule has 0 radical (unpaired) electrons. The van der Waals surface area contributed by atoms with E-state index in [1.165, 1.54) is 61.7 Å². The number of rotatable bonds is 5. The highest BCUT2D eigenvalue weighted by atomic mass is 15.2. The van der Waals surface area contributed by atoms with Crippen LogP contribution in [0, 0.1) is 6.92 Å². The fraction of sp³-hybridized carbons (Fsp3) is 0.0870. The molecule has 3 nitrogen and oxygen atoms in total. The van der Waals surface area contributed by atoms with Crippen molar-refractivity contribution < 1.29 is 0 Å². The number of fused-ring (bicyclic) bond motifs is 5.